The SMILES string of the molecule is CCCCCCCC(=O)NCC(c1ccco1)N(C)C. The molecule has 0 saturated carbocycles. The third kappa shape index (κ3) is 6.24. The molecule has 20 heavy (non-hydrogen) atoms. The van der Waals surface area contributed by atoms with Crippen molar-refractivity contribution in [3.8, 4) is 0 Å². The lowest BCUT2D eigenvalue weighted by Gasteiger charge is -2.22. The summed E-state index contributed by atoms with van der Waals surface area (Å²) in [7, 11) is 3.98. The molecule has 1 heterocycles. The Morgan fingerprint density at radius 3 is 2.65 bits per heavy atom. The normalized spacial score (nSPS) is 12.6. The Hall–Kier alpha value is -1.29. The van der Waals surface area contributed by atoms with Crippen molar-refractivity contribution in [3.05, 3.63) is 24.2 Å². The second-order valence-corrected chi connectivity index (χ2v) is 5.46. The first-order chi connectivity index (χ1) is 9.65. The standard InChI is InChI=1S/C16H28N2O2/c1-4-5-6-7-8-11-16(19)17-13-14(18(2)3)15-10-9-12-20-15/h9-10,12,14H,4-8,11,13H2,1-3H3,(H,17,19). The van der Waals surface area contributed by atoms with Crippen molar-refractivity contribution in [3.63, 3.8) is 0 Å². The van der Waals surface area contributed by atoms with E-state index in [1.807, 2.05) is 26.2 Å². The average Bonchev–Trinajstić information content (AvgIpc) is 2.92. The topological polar surface area (TPSA) is 45.5 Å². The van der Waals surface area contributed by atoms with E-state index in [0.29, 0.717) is 13.0 Å². The van der Waals surface area contributed by atoms with Crippen molar-refractivity contribution in [1.29, 1.82) is 0 Å². The molecule has 0 saturated heterocycles. The number of carbonyl (C=O) groups excluding carboxylic acids is 1. The highest BCUT2D eigenvalue weighted by Gasteiger charge is 2.17. The van der Waals surface area contributed by atoms with E-state index in [-0.39, 0.29) is 11.9 Å². The maximum absolute atomic E-state index is 11.8. The van der Waals surface area contributed by atoms with Crippen molar-refractivity contribution < 1.29 is 9.21 Å². The summed E-state index contributed by atoms with van der Waals surface area (Å²) in [6, 6.07) is 3.91. The third-order valence-electron chi connectivity index (χ3n) is 3.49. The van der Waals surface area contributed by atoms with Crippen LogP contribution in [0.2, 0.25) is 0 Å². The molecule has 0 aromatic carbocycles. The molecule has 1 N–H and O–H groups in total. The Labute approximate surface area is 122 Å². The van der Waals surface area contributed by atoms with Gasteiger partial charge in [-0.1, -0.05) is 32.6 Å². The molecular formula is C16H28N2O2. The first-order valence-electron chi connectivity index (χ1n) is 7.61. The first kappa shape index (κ1) is 16.8. The number of likely N-dealkylation sites (N-methyl/N-ethyl adjacent to an activating group) is 1. The highest BCUT2D eigenvalue weighted by atomic mass is 16.3. The van der Waals surface area contributed by atoms with Gasteiger partial charge in [0.2, 0.25) is 5.91 Å². The fraction of sp³-hybridized carbons (Fsp3) is 0.688. The molecule has 1 aromatic rings. The molecule has 4 heteroatoms. The van der Waals surface area contributed by atoms with Crippen LogP contribution in [-0.4, -0.2) is 31.4 Å². The summed E-state index contributed by atoms with van der Waals surface area (Å²) in [5.41, 5.74) is 0. The number of furan rings is 1. The largest absolute Gasteiger partial charge is 0.468 e. The second-order valence-electron chi connectivity index (χ2n) is 5.46. The number of carbonyl (C=O) groups is 1. The number of amides is 1. The lowest BCUT2D eigenvalue weighted by molar-refractivity contribution is -0.121. The van der Waals surface area contributed by atoms with E-state index in [1.165, 1.54) is 19.3 Å². The molecule has 4 nitrogen and oxygen atoms in total. The molecule has 1 unspecified atom stereocenters. The zero-order chi connectivity index (χ0) is 14.8. The Kier molecular flexibility index (Phi) is 8.04. The van der Waals surface area contributed by atoms with Crippen LogP contribution >= 0.6 is 0 Å². The number of hydrogen-bond acceptors (Lipinski definition) is 3. The van der Waals surface area contributed by atoms with Crippen molar-refractivity contribution >= 4 is 5.91 Å². The Bertz CT molecular complexity index is 361. The van der Waals surface area contributed by atoms with Crippen molar-refractivity contribution in [2.24, 2.45) is 0 Å². The van der Waals surface area contributed by atoms with Gasteiger partial charge in [0.25, 0.3) is 0 Å². The van der Waals surface area contributed by atoms with Gasteiger partial charge in [-0.2, -0.15) is 0 Å². The monoisotopic (exact) mass is 280 g/mol. The molecule has 0 aliphatic carbocycles. The van der Waals surface area contributed by atoms with Gasteiger partial charge < -0.3 is 9.73 Å². The van der Waals surface area contributed by atoms with Gasteiger partial charge in [-0.05, 0) is 32.6 Å². The van der Waals surface area contributed by atoms with Crippen LogP contribution in [-0.2, 0) is 4.79 Å². The summed E-state index contributed by atoms with van der Waals surface area (Å²) in [5.74, 6) is 1.03. The maximum atomic E-state index is 11.8. The zero-order valence-corrected chi connectivity index (χ0v) is 13.0. The highest BCUT2D eigenvalue weighted by molar-refractivity contribution is 5.75. The van der Waals surface area contributed by atoms with Crippen LogP contribution in [0.15, 0.2) is 22.8 Å². The van der Waals surface area contributed by atoms with E-state index in [4.69, 9.17) is 4.42 Å². The summed E-state index contributed by atoms with van der Waals surface area (Å²) in [4.78, 5) is 13.9. The quantitative estimate of drug-likeness (QED) is 0.668. The number of hydrogen-bond donors (Lipinski definition) is 1. The summed E-state index contributed by atoms with van der Waals surface area (Å²) in [5, 5.41) is 3.00. The van der Waals surface area contributed by atoms with Crippen LogP contribution in [0, 0.1) is 0 Å². The number of nitrogens with one attached hydrogen (secondary N) is 1. The summed E-state index contributed by atoms with van der Waals surface area (Å²) in [6.07, 6.45) is 8.17. The summed E-state index contributed by atoms with van der Waals surface area (Å²) >= 11 is 0. The van der Waals surface area contributed by atoms with Crippen molar-refractivity contribution in [1.82, 2.24) is 10.2 Å². The number of rotatable bonds is 10. The molecule has 1 aromatic heterocycles. The lowest BCUT2D eigenvalue weighted by Crippen LogP contribution is -2.34. The second kappa shape index (κ2) is 9.59. The van der Waals surface area contributed by atoms with Gasteiger partial charge in [0.15, 0.2) is 0 Å². The van der Waals surface area contributed by atoms with Gasteiger partial charge in [-0.15, -0.1) is 0 Å². The molecule has 0 fully saturated rings. The molecule has 1 atom stereocenters. The maximum Gasteiger partial charge on any atom is 0.220 e. The van der Waals surface area contributed by atoms with Crippen LogP contribution in [0.4, 0.5) is 0 Å². The number of nitrogens with zero attached hydrogens (tertiary/aromatic N) is 1. The predicted molar refractivity (Wildman–Crippen MR) is 81.5 cm³/mol. The van der Waals surface area contributed by atoms with E-state index in [0.717, 1.165) is 18.6 Å². The van der Waals surface area contributed by atoms with Gasteiger partial charge in [0.05, 0.1) is 12.3 Å². The van der Waals surface area contributed by atoms with Gasteiger partial charge >= 0.3 is 0 Å². The third-order valence-corrected chi connectivity index (χ3v) is 3.49. The summed E-state index contributed by atoms with van der Waals surface area (Å²) < 4.78 is 5.42. The lowest BCUT2D eigenvalue weighted by atomic mass is 10.1. The Balaban J connectivity index is 2.24. The zero-order valence-electron chi connectivity index (χ0n) is 13.0. The fourth-order valence-corrected chi connectivity index (χ4v) is 2.21. The smallest absolute Gasteiger partial charge is 0.220 e. The summed E-state index contributed by atoms with van der Waals surface area (Å²) in [6.45, 7) is 2.79. The van der Waals surface area contributed by atoms with Crippen LogP contribution < -0.4 is 5.32 Å². The van der Waals surface area contributed by atoms with Gasteiger partial charge in [-0.25, -0.2) is 0 Å². The Morgan fingerprint density at radius 2 is 2.05 bits per heavy atom. The van der Waals surface area contributed by atoms with Crippen molar-refractivity contribution in [2.75, 3.05) is 20.6 Å². The molecule has 1 amide bonds. The fourth-order valence-electron chi connectivity index (χ4n) is 2.21. The van der Waals surface area contributed by atoms with E-state index in [1.54, 1.807) is 6.26 Å². The predicted octanol–water partition coefficient (Wildman–Crippen LogP) is 3.36. The van der Waals surface area contributed by atoms with Gasteiger partial charge in [0.1, 0.15) is 5.76 Å². The van der Waals surface area contributed by atoms with Gasteiger partial charge in [0, 0.05) is 13.0 Å². The van der Waals surface area contributed by atoms with Gasteiger partial charge in [-0.3, -0.25) is 9.69 Å². The molecule has 0 bridgehead atoms. The van der Waals surface area contributed by atoms with Crippen molar-refractivity contribution in [2.45, 2.75) is 51.5 Å². The van der Waals surface area contributed by atoms with E-state index >= 15 is 0 Å². The number of unbranched alkanes of at least 4 members (excludes halogenated alkanes) is 4. The van der Waals surface area contributed by atoms with Crippen LogP contribution in [0.1, 0.15) is 57.3 Å². The first-order valence-corrected chi connectivity index (χ1v) is 7.61. The Morgan fingerprint density at radius 1 is 1.30 bits per heavy atom. The van der Waals surface area contributed by atoms with Crippen LogP contribution in [0.25, 0.3) is 0 Å². The molecule has 0 spiro atoms. The van der Waals surface area contributed by atoms with E-state index < -0.39 is 0 Å². The molecule has 0 radical (unpaired) electrons. The molecule has 0 aliphatic rings. The minimum atomic E-state index is 0.0917. The molecule has 114 valence electrons. The van der Waals surface area contributed by atoms with Crippen LogP contribution in [0.3, 0.4) is 0 Å². The molecular weight excluding hydrogens is 252 g/mol. The molecule has 0 aliphatic heterocycles. The minimum absolute atomic E-state index is 0.0917. The van der Waals surface area contributed by atoms with Crippen LogP contribution in [0.5, 0.6) is 0 Å². The average molecular weight is 280 g/mol. The van der Waals surface area contributed by atoms with E-state index in [9.17, 15) is 4.79 Å². The van der Waals surface area contributed by atoms with E-state index in [2.05, 4.69) is 17.1 Å². The highest BCUT2D eigenvalue weighted by Crippen LogP contribution is 2.17. The minimum Gasteiger partial charge on any atom is -0.468 e. The molecule has 1 rings (SSSR count).